The first kappa shape index (κ1) is 16.2. The molecule has 1 aliphatic heterocycles. The molecule has 1 fully saturated rings. The van der Waals surface area contributed by atoms with Gasteiger partial charge in [0.1, 0.15) is 23.1 Å². The number of carbonyl (C=O) groups excluding carboxylic acids is 1. The van der Waals surface area contributed by atoms with Crippen LogP contribution in [0.1, 0.15) is 36.1 Å². The van der Waals surface area contributed by atoms with Gasteiger partial charge in [-0.15, -0.1) is 0 Å². The summed E-state index contributed by atoms with van der Waals surface area (Å²) in [5.74, 6) is 1.89. The molecule has 1 amide bonds. The molecule has 1 aromatic carbocycles. The van der Waals surface area contributed by atoms with Crippen molar-refractivity contribution in [3.8, 4) is 5.75 Å². The van der Waals surface area contributed by atoms with E-state index in [0.29, 0.717) is 23.9 Å². The number of aryl methyl sites for hydroxylation is 1. The third-order valence-electron chi connectivity index (χ3n) is 3.90. The zero-order valence-electron chi connectivity index (χ0n) is 14.1. The Bertz CT molecular complexity index is 727. The Labute approximate surface area is 141 Å². The van der Waals surface area contributed by atoms with E-state index in [1.165, 1.54) is 0 Å². The molecule has 0 bridgehead atoms. The highest BCUT2D eigenvalue weighted by Gasteiger charge is 2.21. The summed E-state index contributed by atoms with van der Waals surface area (Å²) in [7, 11) is 0. The minimum absolute atomic E-state index is 0.0286. The first-order valence-electron chi connectivity index (χ1n) is 8.31. The predicted octanol–water partition coefficient (Wildman–Crippen LogP) is 3.16. The number of benzene rings is 1. The quantitative estimate of drug-likeness (QED) is 0.914. The lowest BCUT2D eigenvalue weighted by atomic mass is 10.2. The lowest BCUT2D eigenvalue weighted by molar-refractivity contribution is 0.0786. The number of anilines is 2. The topological polar surface area (TPSA) is 67.3 Å². The molecule has 0 saturated carbocycles. The van der Waals surface area contributed by atoms with Crippen LogP contribution in [0, 0.1) is 6.92 Å². The molecule has 0 aliphatic carbocycles. The van der Waals surface area contributed by atoms with Gasteiger partial charge in [0.25, 0.3) is 5.91 Å². The molecule has 6 heteroatoms. The van der Waals surface area contributed by atoms with Crippen LogP contribution in [0.25, 0.3) is 0 Å². The molecule has 3 rings (SSSR count). The highest BCUT2D eigenvalue weighted by molar-refractivity contribution is 5.93. The molecule has 6 nitrogen and oxygen atoms in total. The van der Waals surface area contributed by atoms with Crippen molar-refractivity contribution in [2.75, 3.05) is 25.0 Å². The fourth-order valence-electron chi connectivity index (χ4n) is 2.81. The van der Waals surface area contributed by atoms with Crippen LogP contribution in [0.5, 0.6) is 5.75 Å². The van der Waals surface area contributed by atoms with E-state index in [-0.39, 0.29) is 5.91 Å². The van der Waals surface area contributed by atoms with Crippen LogP contribution in [-0.2, 0) is 0 Å². The summed E-state index contributed by atoms with van der Waals surface area (Å²) in [4.78, 5) is 23.1. The second-order valence-corrected chi connectivity index (χ2v) is 5.74. The van der Waals surface area contributed by atoms with Gasteiger partial charge in [0.2, 0.25) is 0 Å². The number of carbonyl (C=O) groups is 1. The van der Waals surface area contributed by atoms with Gasteiger partial charge in [-0.1, -0.05) is 12.1 Å². The molecule has 1 N–H and O–H groups in total. The average molecular weight is 326 g/mol. The summed E-state index contributed by atoms with van der Waals surface area (Å²) < 4.78 is 5.62. The van der Waals surface area contributed by atoms with E-state index in [4.69, 9.17) is 4.74 Å². The number of likely N-dealkylation sites (tertiary alicyclic amines) is 1. The largest absolute Gasteiger partial charge is 0.492 e. The Balaban J connectivity index is 1.85. The van der Waals surface area contributed by atoms with Gasteiger partial charge >= 0.3 is 0 Å². The lowest BCUT2D eigenvalue weighted by Gasteiger charge is -2.16. The van der Waals surface area contributed by atoms with Gasteiger partial charge in [0, 0.05) is 19.2 Å². The number of ether oxygens (including phenoxy) is 1. The Hall–Kier alpha value is -2.63. The molecule has 0 radical (unpaired) electrons. The van der Waals surface area contributed by atoms with E-state index in [1.807, 2.05) is 36.1 Å². The highest BCUT2D eigenvalue weighted by Crippen LogP contribution is 2.27. The highest BCUT2D eigenvalue weighted by atomic mass is 16.5. The third-order valence-corrected chi connectivity index (χ3v) is 3.90. The minimum Gasteiger partial charge on any atom is -0.492 e. The summed E-state index contributed by atoms with van der Waals surface area (Å²) >= 11 is 0. The van der Waals surface area contributed by atoms with Gasteiger partial charge in [0.15, 0.2) is 0 Å². The molecule has 0 atom stereocenters. The van der Waals surface area contributed by atoms with E-state index in [9.17, 15) is 4.79 Å². The van der Waals surface area contributed by atoms with Crippen LogP contribution in [0.4, 0.5) is 11.5 Å². The molecule has 1 aromatic heterocycles. The fraction of sp³-hybridized carbons (Fsp3) is 0.389. The second-order valence-electron chi connectivity index (χ2n) is 5.74. The molecule has 2 aromatic rings. The number of rotatable bonds is 5. The first-order valence-corrected chi connectivity index (χ1v) is 8.31. The number of hydrogen-bond donors (Lipinski definition) is 1. The maximum atomic E-state index is 12.6. The SMILES string of the molecule is CCOc1ccccc1Nc1cc(C(=O)N2CCCC2)nc(C)n1. The van der Waals surface area contributed by atoms with E-state index in [2.05, 4.69) is 15.3 Å². The zero-order chi connectivity index (χ0) is 16.9. The van der Waals surface area contributed by atoms with Gasteiger partial charge in [-0.3, -0.25) is 4.79 Å². The van der Waals surface area contributed by atoms with Gasteiger partial charge < -0.3 is 15.0 Å². The van der Waals surface area contributed by atoms with E-state index < -0.39 is 0 Å². The van der Waals surface area contributed by atoms with E-state index in [1.54, 1.807) is 13.0 Å². The second kappa shape index (κ2) is 7.29. The smallest absolute Gasteiger partial charge is 0.272 e. The van der Waals surface area contributed by atoms with Gasteiger partial charge in [-0.2, -0.15) is 0 Å². The van der Waals surface area contributed by atoms with Gasteiger partial charge in [-0.05, 0) is 38.8 Å². The Morgan fingerprint density at radius 2 is 2.00 bits per heavy atom. The van der Waals surface area contributed by atoms with E-state index in [0.717, 1.165) is 37.4 Å². The lowest BCUT2D eigenvalue weighted by Crippen LogP contribution is -2.28. The Morgan fingerprint density at radius 3 is 2.75 bits per heavy atom. The van der Waals surface area contributed by atoms with Crippen LogP contribution in [-0.4, -0.2) is 40.5 Å². The van der Waals surface area contributed by atoms with E-state index >= 15 is 0 Å². The standard InChI is InChI=1S/C18H22N4O2/c1-3-24-16-9-5-4-8-14(16)21-17-12-15(19-13(2)20-17)18(23)22-10-6-7-11-22/h4-5,8-9,12H,3,6-7,10-11H2,1-2H3,(H,19,20,21). The normalized spacial score (nSPS) is 13.8. The first-order chi connectivity index (χ1) is 11.7. The number of amides is 1. The van der Waals surface area contributed by atoms with Crippen LogP contribution in [0.3, 0.4) is 0 Å². The van der Waals surface area contributed by atoms with Crippen molar-refractivity contribution in [1.29, 1.82) is 0 Å². The van der Waals surface area contributed by atoms with Crippen molar-refractivity contribution in [2.24, 2.45) is 0 Å². The molecule has 1 saturated heterocycles. The van der Waals surface area contributed by atoms with Crippen molar-refractivity contribution in [2.45, 2.75) is 26.7 Å². The minimum atomic E-state index is -0.0286. The maximum absolute atomic E-state index is 12.6. The van der Waals surface area contributed by atoms with Gasteiger partial charge in [0.05, 0.1) is 12.3 Å². The van der Waals surface area contributed by atoms with Gasteiger partial charge in [-0.25, -0.2) is 9.97 Å². The summed E-state index contributed by atoms with van der Waals surface area (Å²) in [6.07, 6.45) is 2.12. The molecule has 0 spiro atoms. The summed E-state index contributed by atoms with van der Waals surface area (Å²) in [5, 5.41) is 3.24. The Kier molecular flexibility index (Phi) is 4.93. The van der Waals surface area contributed by atoms with Crippen molar-refractivity contribution in [3.05, 3.63) is 41.9 Å². The molecule has 0 unspecified atom stereocenters. The number of hydrogen-bond acceptors (Lipinski definition) is 5. The summed E-state index contributed by atoms with van der Waals surface area (Å²) in [6.45, 7) is 5.93. The average Bonchev–Trinajstić information content (AvgIpc) is 3.10. The number of nitrogens with zero attached hydrogens (tertiary/aromatic N) is 3. The maximum Gasteiger partial charge on any atom is 0.272 e. The number of para-hydroxylation sites is 2. The zero-order valence-corrected chi connectivity index (χ0v) is 14.1. The van der Waals surface area contributed by atoms with Crippen LogP contribution in [0.2, 0.25) is 0 Å². The van der Waals surface area contributed by atoms with Crippen LogP contribution in [0.15, 0.2) is 30.3 Å². The van der Waals surface area contributed by atoms with Crippen LogP contribution < -0.4 is 10.1 Å². The number of aromatic nitrogens is 2. The summed E-state index contributed by atoms with van der Waals surface area (Å²) in [6, 6.07) is 9.37. The fourth-order valence-corrected chi connectivity index (χ4v) is 2.81. The van der Waals surface area contributed by atoms with Crippen molar-refractivity contribution < 1.29 is 9.53 Å². The predicted molar refractivity (Wildman–Crippen MR) is 92.8 cm³/mol. The molecule has 2 heterocycles. The third kappa shape index (κ3) is 3.64. The van der Waals surface area contributed by atoms with Crippen molar-refractivity contribution >= 4 is 17.4 Å². The molecule has 1 aliphatic rings. The molecule has 24 heavy (non-hydrogen) atoms. The molecular weight excluding hydrogens is 304 g/mol. The summed E-state index contributed by atoms with van der Waals surface area (Å²) in [5.41, 5.74) is 1.25. The molecular formula is C18H22N4O2. The van der Waals surface area contributed by atoms with Crippen molar-refractivity contribution in [1.82, 2.24) is 14.9 Å². The Morgan fingerprint density at radius 1 is 1.25 bits per heavy atom. The van der Waals surface area contributed by atoms with Crippen molar-refractivity contribution in [3.63, 3.8) is 0 Å². The number of nitrogens with one attached hydrogen (secondary N) is 1. The monoisotopic (exact) mass is 326 g/mol. The molecule has 126 valence electrons. The van der Waals surface area contributed by atoms with Crippen LogP contribution >= 0.6 is 0 Å².